The Kier molecular flexibility index (Phi) is 5.37. The topological polar surface area (TPSA) is 94.3 Å². The Morgan fingerprint density at radius 2 is 1.36 bits per heavy atom. The van der Waals surface area contributed by atoms with Gasteiger partial charge in [0.25, 0.3) is 0 Å². The van der Waals surface area contributed by atoms with Gasteiger partial charge < -0.3 is 20.6 Å². The summed E-state index contributed by atoms with van der Waals surface area (Å²) in [6, 6.07) is 19.8. The molecular formula is C29H29N7. The van der Waals surface area contributed by atoms with Crippen molar-refractivity contribution in [3.8, 4) is 33.6 Å². The van der Waals surface area contributed by atoms with Gasteiger partial charge in [0, 0.05) is 17.3 Å². The summed E-state index contributed by atoms with van der Waals surface area (Å²) in [5, 5.41) is 7.01. The van der Waals surface area contributed by atoms with E-state index in [-0.39, 0.29) is 0 Å². The number of benzene rings is 2. The van der Waals surface area contributed by atoms with E-state index in [1.54, 1.807) is 0 Å². The molecule has 0 aliphatic carbocycles. The first-order chi connectivity index (χ1) is 17.8. The van der Waals surface area contributed by atoms with E-state index < -0.39 is 0 Å². The predicted octanol–water partition coefficient (Wildman–Crippen LogP) is 5.53. The molecule has 2 fully saturated rings. The van der Waals surface area contributed by atoms with Crippen LogP contribution in [0.15, 0.2) is 67.0 Å². The van der Waals surface area contributed by atoms with Gasteiger partial charge in [-0.2, -0.15) is 0 Å². The molecular weight excluding hydrogens is 446 g/mol. The zero-order chi connectivity index (χ0) is 23.9. The van der Waals surface area contributed by atoms with Crippen molar-refractivity contribution in [3.05, 3.63) is 78.6 Å². The van der Waals surface area contributed by atoms with Crippen LogP contribution < -0.4 is 10.6 Å². The number of fused-ring (bicyclic) bond motifs is 1. The van der Waals surface area contributed by atoms with Crippen LogP contribution in [-0.2, 0) is 0 Å². The van der Waals surface area contributed by atoms with E-state index in [9.17, 15) is 0 Å². The molecule has 0 saturated carbocycles. The lowest BCUT2D eigenvalue weighted by atomic mass is 10.0. The summed E-state index contributed by atoms with van der Waals surface area (Å²) in [6.45, 7) is 2.13. The molecule has 0 radical (unpaired) electrons. The Labute approximate surface area is 209 Å². The number of nitrogens with zero attached hydrogens (tertiary/aromatic N) is 3. The van der Waals surface area contributed by atoms with Crippen molar-refractivity contribution < 1.29 is 0 Å². The summed E-state index contributed by atoms with van der Waals surface area (Å²) in [7, 11) is 0. The van der Waals surface area contributed by atoms with Crippen LogP contribution in [-0.4, -0.2) is 38.0 Å². The van der Waals surface area contributed by atoms with Gasteiger partial charge in [0.15, 0.2) is 0 Å². The van der Waals surface area contributed by atoms with Crippen LogP contribution in [0, 0.1) is 0 Å². The fourth-order valence-electron chi connectivity index (χ4n) is 5.43. The molecule has 2 aromatic carbocycles. The molecule has 2 aliphatic heterocycles. The first kappa shape index (κ1) is 21.5. The molecule has 2 saturated heterocycles. The molecule has 7 heteroatoms. The monoisotopic (exact) mass is 475 g/mol. The second kappa shape index (κ2) is 9.00. The summed E-state index contributed by atoms with van der Waals surface area (Å²) in [4.78, 5) is 21.2. The van der Waals surface area contributed by atoms with E-state index in [1.807, 2.05) is 12.4 Å². The van der Waals surface area contributed by atoms with Crippen LogP contribution in [0.1, 0.15) is 49.4 Å². The molecule has 2 atom stereocenters. The minimum absolute atomic E-state index is 0.337. The summed E-state index contributed by atoms with van der Waals surface area (Å²) in [5.41, 5.74) is 8.55. The van der Waals surface area contributed by atoms with Gasteiger partial charge in [0.2, 0.25) is 0 Å². The highest BCUT2D eigenvalue weighted by Gasteiger charge is 2.20. The molecule has 2 unspecified atom stereocenters. The van der Waals surface area contributed by atoms with Crippen LogP contribution in [0.25, 0.3) is 44.7 Å². The van der Waals surface area contributed by atoms with Crippen LogP contribution in [0.5, 0.6) is 0 Å². The maximum atomic E-state index is 4.79. The van der Waals surface area contributed by atoms with Crippen molar-refractivity contribution in [2.75, 3.05) is 13.1 Å². The second-order valence-electron chi connectivity index (χ2n) is 9.84. The lowest BCUT2D eigenvalue weighted by Gasteiger charge is -2.07. The Balaban J connectivity index is 1.09. The van der Waals surface area contributed by atoms with Crippen LogP contribution >= 0.6 is 0 Å². The van der Waals surface area contributed by atoms with Gasteiger partial charge >= 0.3 is 0 Å². The van der Waals surface area contributed by atoms with Crippen molar-refractivity contribution in [3.63, 3.8) is 0 Å². The van der Waals surface area contributed by atoms with E-state index in [4.69, 9.17) is 9.97 Å². The number of nitrogens with one attached hydrogen (secondary N) is 4. The smallest absolute Gasteiger partial charge is 0.124 e. The van der Waals surface area contributed by atoms with E-state index in [0.717, 1.165) is 82.3 Å². The Morgan fingerprint density at radius 3 is 2.08 bits per heavy atom. The van der Waals surface area contributed by atoms with Crippen molar-refractivity contribution in [1.82, 2.24) is 35.6 Å². The van der Waals surface area contributed by atoms with E-state index in [2.05, 4.69) is 80.2 Å². The number of imidazole rings is 2. The highest BCUT2D eigenvalue weighted by atomic mass is 15.0. The largest absolute Gasteiger partial charge is 0.341 e. The molecule has 0 bridgehead atoms. The van der Waals surface area contributed by atoms with Crippen molar-refractivity contribution in [2.45, 2.75) is 37.8 Å². The summed E-state index contributed by atoms with van der Waals surface area (Å²) < 4.78 is 0. The number of aromatic amines is 2. The third-order valence-electron chi connectivity index (χ3n) is 7.46. The predicted molar refractivity (Wildman–Crippen MR) is 142 cm³/mol. The molecule has 0 amide bonds. The molecule has 0 spiro atoms. The summed E-state index contributed by atoms with van der Waals surface area (Å²) in [5.74, 6) is 2.07. The van der Waals surface area contributed by atoms with Gasteiger partial charge in [-0.1, -0.05) is 36.4 Å². The van der Waals surface area contributed by atoms with Crippen LogP contribution in [0.3, 0.4) is 0 Å². The highest BCUT2D eigenvalue weighted by Crippen LogP contribution is 2.29. The Hall–Kier alpha value is -3.81. The van der Waals surface area contributed by atoms with Gasteiger partial charge in [-0.15, -0.1) is 0 Å². The highest BCUT2D eigenvalue weighted by molar-refractivity contribution is 5.81. The van der Waals surface area contributed by atoms with Crippen molar-refractivity contribution in [1.29, 1.82) is 0 Å². The first-order valence-corrected chi connectivity index (χ1v) is 12.9. The molecule has 7 rings (SSSR count). The zero-order valence-electron chi connectivity index (χ0n) is 20.1. The molecule has 2 aliphatic rings. The third kappa shape index (κ3) is 4.00. The van der Waals surface area contributed by atoms with E-state index in [1.165, 1.54) is 12.8 Å². The minimum Gasteiger partial charge on any atom is -0.341 e. The zero-order valence-corrected chi connectivity index (χ0v) is 20.1. The molecule has 5 aromatic rings. The molecule has 5 heterocycles. The number of pyridine rings is 1. The molecule has 180 valence electrons. The molecule has 36 heavy (non-hydrogen) atoms. The van der Waals surface area contributed by atoms with Crippen LogP contribution in [0.4, 0.5) is 0 Å². The summed E-state index contributed by atoms with van der Waals surface area (Å²) in [6.07, 6.45) is 8.58. The Morgan fingerprint density at radius 1 is 0.639 bits per heavy atom. The maximum Gasteiger partial charge on any atom is 0.124 e. The first-order valence-electron chi connectivity index (χ1n) is 12.9. The molecule has 7 nitrogen and oxygen atoms in total. The standard InChI is InChI=1S/C29H29N7/c1-3-24(30-13-1)28-33-17-27(36-28)19-7-5-18(6-8-19)21-10-11-22(32-16-21)20-9-12-23-26(15-20)35-29(34-23)25-4-2-14-31-25/h5-12,15-17,24-25,30-31H,1-4,13-14H2,(H,33,36)(H,34,35). The van der Waals surface area contributed by atoms with Crippen molar-refractivity contribution >= 4 is 11.0 Å². The fraction of sp³-hybridized carbons (Fsp3) is 0.276. The number of H-pyrrole nitrogens is 2. The van der Waals surface area contributed by atoms with Gasteiger partial charge in [-0.05, 0) is 68.1 Å². The summed E-state index contributed by atoms with van der Waals surface area (Å²) >= 11 is 0. The SMILES string of the molecule is c1cc(-c2cnc(C3CCCN3)[nH]2)ccc1-c1ccc(-c2ccc3nc(C4CCCN4)[nH]c3c2)nc1. The number of hydrogen-bond acceptors (Lipinski definition) is 5. The van der Waals surface area contributed by atoms with Gasteiger partial charge in [0.05, 0.1) is 40.7 Å². The van der Waals surface area contributed by atoms with Gasteiger partial charge in [0.1, 0.15) is 11.6 Å². The maximum absolute atomic E-state index is 4.79. The molecule has 3 aromatic heterocycles. The average molecular weight is 476 g/mol. The van der Waals surface area contributed by atoms with Gasteiger partial charge in [-0.3, -0.25) is 4.98 Å². The van der Waals surface area contributed by atoms with Crippen molar-refractivity contribution in [2.24, 2.45) is 0 Å². The van der Waals surface area contributed by atoms with E-state index >= 15 is 0 Å². The number of rotatable bonds is 5. The number of aromatic nitrogens is 5. The van der Waals surface area contributed by atoms with Gasteiger partial charge in [-0.25, -0.2) is 9.97 Å². The second-order valence-corrected chi connectivity index (χ2v) is 9.84. The minimum atomic E-state index is 0.337. The number of hydrogen-bond donors (Lipinski definition) is 4. The van der Waals surface area contributed by atoms with E-state index in [0.29, 0.717) is 12.1 Å². The normalized spacial score (nSPS) is 19.9. The fourth-order valence-corrected chi connectivity index (χ4v) is 5.43. The third-order valence-corrected chi connectivity index (χ3v) is 7.46. The Bertz CT molecular complexity index is 1490. The lowest BCUT2D eigenvalue weighted by Crippen LogP contribution is -2.14. The van der Waals surface area contributed by atoms with Crippen LogP contribution in [0.2, 0.25) is 0 Å². The quantitative estimate of drug-likeness (QED) is 0.268. The molecule has 4 N–H and O–H groups in total. The average Bonchev–Trinajstić information content (AvgIpc) is 3.75. The lowest BCUT2D eigenvalue weighted by molar-refractivity contribution is 0.613.